The van der Waals surface area contributed by atoms with Gasteiger partial charge in [0.15, 0.2) is 5.75 Å². The van der Waals surface area contributed by atoms with E-state index in [4.69, 9.17) is 9.47 Å². The van der Waals surface area contributed by atoms with Gasteiger partial charge in [-0.3, -0.25) is 4.68 Å². The molecule has 3 unspecified atom stereocenters. The summed E-state index contributed by atoms with van der Waals surface area (Å²) in [6.07, 6.45) is 2.32. The fourth-order valence-corrected chi connectivity index (χ4v) is 3.05. The lowest BCUT2D eigenvalue weighted by atomic mass is 9.91. The minimum atomic E-state index is 0.141. The maximum atomic E-state index is 6.07. The SMILES string of the molecule is CCCOC1C(Br)CC1Oc1c(C)nn(C)c1C. The molecule has 1 aromatic rings. The Morgan fingerprint density at radius 3 is 2.67 bits per heavy atom. The van der Waals surface area contributed by atoms with Gasteiger partial charge in [-0.15, -0.1) is 0 Å². The number of alkyl halides is 1. The third-order valence-corrected chi connectivity index (χ3v) is 4.30. The topological polar surface area (TPSA) is 36.3 Å². The van der Waals surface area contributed by atoms with Gasteiger partial charge in [0.1, 0.15) is 17.9 Å². The highest BCUT2D eigenvalue weighted by Gasteiger charge is 2.42. The minimum absolute atomic E-state index is 0.141. The summed E-state index contributed by atoms with van der Waals surface area (Å²) in [4.78, 5) is 0.409. The van der Waals surface area contributed by atoms with Gasteiger partial charge in [0.25, 0.3) is 0 Å². The van der Waals surface area contributed by atoms with Crippen molar-refractivity contribution in [1.82, 2.24) is 9.78 Å². The second-order valence-corrected chi connectivity index (χ2v) is 6.04. The number of halogens is 1. The van der Waals surface area contributed by atoms with E-state index in [-0.39, 0.29) is 12.2 Å². The number of hydrogen-bond donors (Lipinski definition) is 0. The van der Waals surface area contributed by atoms with Crippen LogP contribution in [0.15, 0.2) is 0 Å². The van der Waals surface area contributed by atoms with Crippen LogP contribution in [0, 0.1) is 13.8 Å². The summed E-state index contributed by atoms with van der Waals surface area (Å²) in [7, 11) is 1.94. The van der Waals surface area contributed by atoms with Crippen LogP contribution in [-0.2, 0) is 11.8 Å². The van der Waals surface area contributed by atoms with Crippen molar-refractivity contribution in [2.75, 3.05) is 6.61 Å². The van der Waals surface area contributed by atoms with Crippen molar-refractivity contribution in [3.05, 3.63) is 11.4 Å². The van der Waals surface area contributed by atoms with Crippen molar-refractivity contribution >= 4 is 15.9 Å². The summed E-state index contributed by atoms with van der Waals surface area (Å²) in [5.74, 6) is 0.909. The Morgan fingerprint density at radius 1 is 1.44 bits per heavy atom. The van der Waals surface area contributed by atoms with Crippen molar-refractivity contribution in [2.45, 2.75) is 50.6 Å². The summed E-state index contributed by atoms with van der Waals surface area (Å²) in [5.41, 5.74) is 2.02. The standard InChI is InChI=1S/C13H21BrN2O2/c1-5-6-17-13-10(14)7-11(13)18-12-8(2)15-16(4)9(12)3/h10-11,13H,5-7H2,1-4H3. The molecule has 0 saturated heterocycles. The molecule has 18 heavy (non-hydrogen) atoms. The molecule has 0 N–H and O–H groups in total. The highest BCUT2D eigenvalue weighted by atomic mass is 79.9. The zero-order valence-corrected chi connectivity index (χ0v) is 13.0. The zero-order chi connectivity index (χ0) is 13.3. The van der Waals surface area contributed by atoms with Gasteiger partial charge < -0.3 is 9.47 Å². The molecule has 102 valence electrons. The second-order valence-electron chi connectivity index (χ2n) is 4.87. The van der Waals surface area contributed by atoms with Crippen LogP contribution in [0.1, 0.15) is 31.2 Å². The number of ether oxygens (including phenoxy) is 2. The molecule has 4 nitrogen and oxygen atoms in total. The molecule has 1 fully saturated rings. The van der Waals surface area contributed by atoms with E-state index >= 15 is 0 Å². The van der Waals surface area contributed by atoms with E-state index in [9.17, 15) is 0 Å². The molecule has 5 heteroatoms. The Kier molecular flexibility index (Phi) is 4.33. The van der Waals surface area contributed by atoms with Crippen LogP contribution < -0.4 is 4.74 Å². The van der Waals surface area contributed by atoms with Gasteiger partial charge in [0.2, 0.25) is 0 Å². The number of nitrogens with zero attached hydrogens (tertiary/aromatic N) is 2. The summed E-state index contributed by atoms with van der Waals surface area (Å²) in [6, 6.07) is 0. The van der Waals surface area contributed by atoms with Crippen LogP contribution in [0.3, 0.4) is 0 Å². The first kappa shape index (κ1) is 13.9. The fraction of sp³-hybridized carbons (Fsp3) is 0.769. The molecule has 1 aliphatic carbocycles. The van der Waals surface area contributed by atoms with Gasteiger partial charge in [0, 0.05) is 24.9 Å². The van der Waals surface area contributed by atoms with Crippen LogP contribution in [0.4, 0.5) is 0 Å². The van der Waals surface area contributed by atoms with Gasteiger partial charge in [-0.25, -0.2) is 0 Å². The van der Waals surface area contributed by atoms with E-state index in [1.165, 1.54) is 0 Å². The first-order valence-corrected chi connectivity index (χ1v) is 7.38. The normalized spacial score (nSPS) is 27.1. The van der Waals surface area contributed by atoms with Gasteiger partial charge in [-0.1, -0.05) is 22.9 Å². The van der Waals surface area contributed by atoms with Crippen LogP contribution in [0.2, 0.25) is 0 Å². The predicted molar refractivity (Wildman–Crippen MR) is 74.5 cm³/mol. The Bertz CT molecular complexity index is 419. The van der Waals surface area contributed by atoms with Crippen molar-refractivity contribution < 1.29 is 9.47 Å². The highest BCUT2D eigenvalue weighted by molar-refractivity contribution is 9.09. The molecule has 1 aliphatic rings. The monoisotopic (exact) mass is 316 g/mol. The third-order valence-electron chi connectivity index (χ3n) is 3.41. The highest BCUT2D eigenvalue weighted by Crippen LogP contribution is 2.36. The third kappa shape index (κ3) is 2.57. The molecule has 0 aliphatic heterocycles. The summed E-state index contributed by atoms with van der Waals surface area (Å²) < 4.78 is 13.7. The molecule has 1 saturated carbocycles. The molecule has 1 aromatic heterocycles. The van der Waals surface area contributed by atoms with E-state index in [0.29, 0.717) is 4.83 Å². The van der Waals surface area contributed by atoms with Crippen molar-refractivity contribution in [3.63, 3.8) is 0 Å². The average Bonchev–Trinajstić information content (AvgIpc) is 2.55. The lowest BCUT2D eigenvalue weighted by Crippen LogP contribution is -2.52. The van der Waals surface area contributed by atoms with Crippen LogP contribution in [0.25, 0.3) is 0 Å². The Morgan fingerprint density at radius 2 is 2.17 bits per heavy atom. The summed E-state index contributed by atoms with van der Waals surface area (Å²) in [6.45, 7) is 6.92. The van der Waals surface area contributed by atoms with Crippen molar-refractivity contribution in [3.8, 4) is 5.75 Å². The molecular weight excluding hydrogens is 296 g/mol. The van der Waals surface area contributed by atoms with Crippen LogP contribution in [0.5, 0.6) is 5.75 Å². The summed E-state index contributed by atoms with van der Waals surface area (Å²) in [5, 5.41) is 4.37. The van der Waals surface area contributed by atoms with E-state index in [0.717, 1.165) is 36.6 Å². The molecular formula is C13H21BrN2O2. The van der Waals surface area contributed by atoms with Gasteiger partial charge in [-0.2, -0.15) is 5.10 Å². The largest absolute Gasteiger partial charge is 0.484 e. The van der Waals surface area contributed by atoms with E-state index in [1.54, 1.807) is 0 Å². The van der Waals surface area contributed by atoms with Crippen LogP contribution in [-0.4, -0.2) is 33.4 Å². The van der Waals surface area contributed by atoms with E-state index in [1.807, 2.05) is 25.6 Å². The number of hydrogen-bond acceptors (Lipinski definition) is 3. The number of rotatable bonds is 5. The second kappa shape index (κ2) is 5.61. The number of aryl methyl sites for hydroxylation is 2. The minimum Gasteiger partial charge on any atom is -0.484 e. The quantitative estimate of drug-likeness (QED) is 0.784. The Hall–Kier alpha value is -0.550. The first-order chi connectivity index (χ1) is 8.54. The lowest BCUT2D eigenvalue weighted by molar-refractivity contribution is -0.0766. The molecule has 0 amide bonds. The first-order valence-electron chi connectivity index (χ1n) is 6.47. The van der Waals surface area contributed by atoms with E-state index < -0.39 is 0 Å². The smallest absolute Gasteiger partial charge is 0.163 e. The van der Waals surface area contributed by atoms with Gasteiger partial charge in [0.05, 0.1) is 5.69 Å². The zero-order valence-electron chi connectivity index (χ0n) is 11.4. The molecule has 3 atom stereocenters. The maximum Gasteiger partial charge on any atom is 0.163 e. The molecule has 2 rings (SSSR count). The lowest BCUT2D eigenvalue weighted by Gasteiger charge is -2.40. The molecule has 0 bridgehead atoms. The van der Waals surface area contributed by atoms with Crippen molar-refractivity contribution in [1.29, 1.82) is 0 Å². The Labute approximate surface area is 117 Å². The Balaban J connectivity index is 2.01. The fourth-order valence-electron chi connectivity index (χ4n) is 2.18. The average molecular weight is 317 g/mol. The molecule has 0 aromatic carbocycles. The summed E-state index contributed by atoms with van der Waals surface area (Å²) >= 11 is 3.63. The predicted octanol–water partition coefficient (Wildman–Crippen LogP) is 2.75. The van der Waals surface area contributed by atoms with E-state index in [2.05, 4.69) is 28.0 Å². The molecule has 0 spiro atoms. The molecule has 1 heterocycles. The van der Waals surface area contributed by atoms with Crippen molar-refractivity contribution in [2.24, 2.45) is 7.05 Å². The number of aromatic nitrogens is 2. The van der Waals surface area contributed by atoms with Crippen LogP contribution >= 0.6 is 15.9 Å². The molecule has 0 radical (unpaired) electrons. The van der Waals surface area contributed by atoms with Gasteiger partial charge >= 0.3 is 0 Å². The maximum absolute atomic E-state index is 6.07. The van der Waals surface area contributed by atoms with Gasteiger partial charge in [-0.05, 0) is 20.3 Å².